The van der Waals surface area contributed by atoms with E-state index in [1.165, 1.54) is 11.3 Å². The van der Waals surface area contributed by atoms with Crippen LogP contribution in [-0.2, 0) is 0 Å². The van der Waals surface area contributed by atoms with Crippen molar-refractivity contribution in [3.8, 4) is 0 Å². The quantitative estimate of drug-likeness (QED) is 0.763. The maximum Gasteiger partial charge on any atom is 0.267 e. The molecule has 0 aliphatic heterocycles. The van der Waals surface area contributed by atoms with Gasteiger partial charge in [-0.05, 0) is 64.7 Å². The molecular weight excluding hydrogens is 369 g/mol. The third-order valence-corrected chi connectivity index (χ3v) is 4.62. The molecule has 0 bridgehead atoms. The highest BCUT2D eigenvalue weighted by Crippen LogP contribution is 2.27. The number of amides is 1. The summed E-state index contributed by atoms with van der Waals surface area (Å²) in [5.41, 5.74) is 1.71. The minimum absolute atomic E-state index is 0.158. The molecule has 0 saturated heterocycles. The average molecular weight is 378 g/mol. The van der Waals surface area contributed by atoms with Crippen LogP contribution in [0.25, 0.3) is 0 Å². The van der Waals surface area contributed by atoms with Crippen LogP contribution in [0.2, 0.25) is 5.02 Å². The molecular formula is C12H9ClINOS. The Bertz CT molecular complexity index is 550. The number of aryl methyl sites for hydroxylation is 1. The van der Waals surface area contributed by atoms with Crippen LogP contribution in [0.4, 0.5) is 5.69 Å². The van der Waals surface area contributed by atoms with E-state index in [1.807, 2.05) is 36.6 Å². The molecule has 0 atom stereocenters. The van der Waals surface area contributed by atoms with Gasteiger partial charge < -0.3 is 5.32 Å². The van der Waals surface area contributed by atoms with Gasteiger partial charge in [0.15, 0.2) is 0 Å². The Morgan fingerprint density at radius 1 is 1.35 bits per heavy atom. The summed E-state index contributed by atoms with van der Waals surface area (Å²) in [7, 11) is 0. The number of halogens is 2. The molecule has 0 spiro atoms. The molecule has 17 heavy (non-hydrogen) atoms. The van der Waals surface area contributed by atoms with Gasteiger partial charge in [0.2, 0.25) is 0 Å². The summed E-state index contributed by atoms with van der Waals surface area (Å²) in [5, 5.41) is 5.24. The summed E-state index contributed by atoms with van der Waals surface area (Å²) < 4.78 is 1.13. The molecule has 0 aliphatic carbocycles. The number of anilines is 1. The maximum atomic E-state index is 11.9. The molecule has 0 unspecified atom stereocenters. The van der Waals surface area contributed by atoms with Crippen LogP contribution in [0.5, 0.6) is 0 Å². The number of nitrogens with one attached hydrogen (secondary N) is 1. The van der Waals surface area contributed by atoms with Crippen LogP contribution in [-0.4, -0.2) is 5.91 Å². The molecule has 2 rings (SSSR count). The highest BCUT2D eigenvalue weighted by Gasteiger charge is 2.14. The molecule has 0 aliphatic rings. The highest BCUT2D eigenvalue weighted by atomic mass is 127. The predicted molar refractivity (Wildman–Crippen MR) is 81.2 cm³/mol. The van der Waals surface area contributed by atoms with Gasteiger partial charge in [0.1, 0.15) is 4.88 Å². The van der Waals surface area contributed by atoms with Crippen molar-refractivity contribution in [2.45, 2.75) is 6.92 Å². The summed E-state index contributed by atoms with van der Waals surface area (Å²) >= 11 is 9.62. The lowest BCUT2D eigenvalue weighted by molar-refractivity contribution is 0.103. The van der Waals surface area contributed by atoms with Gasteiger partial charge in [0.25, 0.3) is 5.91 Å². The first-order valence-corrected chi connectivity index (χ1v) is 7.22. The van der Waals surface area contributed by atoms with E-state index < -0.39 is 0 Å². The Balaban J connectivity index is 2.17. The Morgan fingerprint density at radius 2 is 2.00 bits per heavy atom. The summed E-state index contributed by atoms with van der Waals surface area (Å²) in [6.07, 6.45) is 0. The lowest BCUT2D eigenvalue weighted by Crippen LogP contribution is -2.10. The summed E-state index contributed by atoms with van der Waals surface area (Å²) in [6.45, 7) is 1.89. The van der Waals surface area contributed by atoms with Crippen molar-refractivity contribution in [3.63, 3.8) is 0 Å². The van der Waals surface area contributed by atoms with Gasteiger partial charge in [-0.3, -0.25) is 4.79 Å². The zero-order valence-corrected chi connectivity index (χ0v) is 12.7. The van der Waals surface area contributed by atoms with Crippen molar-refractivity contribution in [2.24, 2.45) is 0 Å². The zero-order valence-electron chi connectivity index (χ0n) is 8.96. The van der Waals surface area contributed by atoms with Gasteiger partial charge in [0.05, 0.1) is 5.02 Å². The van der Waals surface area contributed by atoms with Gasteiger partial charge in [-0.15, -0.1) is 11.3 Å². The number of hydrogen-bond donors (Lipinski definition) is 1. The lowest BCUT2D eigenvalue weighted by atomic mass is 10.3. The molecule has 5 heteroatoms. The second kappa shape index (κ2) is 5.37. The smallest absolute Gasteiger partial charge is 0.267 e. The topological polar surface area (TPSA) is 29.1 Å². The lowest BCUT2D eigenvalue weighted by Gasteiger charge is -2.04. The van der Waals surface area contributed by atoms with Crippen molar-refractivity contribution in [3.05, 3.63) is 48.7 Å². The Hall–Kier alpha value is -0.590. The van der Waals surface area contributed by atoms with Gasteiger partial charge in [0, 0.05) is 9.26 Å². The predicted octanol–water partition coefficient (Wildman–Crippen LogP) is 4.57. The largest absolute Gasteiger partial charge is 0.321 e. The molecule has 1 aromatic carbocycles. The van der Waals surface area contributed by atoms with Crippen molar-refractivity contribution >= 4 is 57.1 Å². The van der Waals surface area contributed by atoms with Crippen molar-refractivity contribution in [1.29, 1.82) is 0 Å². The van der Waals surface area contributed by atoms with E-state index in [9.17, 15) is 4.79 Å². The average Bonchev–Trinajstić information content (AvgIpc) is 2.63. The molecule has 1 heterocycles. The monoisotopic (exact) mass is 377 g/mol. The van der Waals surface area contributed by atoms with E-state index in [2.05, 4.69) is 27.9 Å². The summed E-state index contributed by atoms with van der Waals surface area (Å²) in [6, 6.07) is 7.62. The van der Waals surface area contributed by atoms with E-state index in [1.54, 1.807) is 0 Å². The molecule has 88 valence electrons. The second-order valence-corrected chi connectivity index (χ2v) is 6.03. The standard InChI is InChI=1S/C12H9ClINOS/c1-7-6-17-11(10(7)13)12(16)15-9-4-2-8(14)3-5-9/h2-6H,1H3,(H,15,16). The number of thiophene rings is 1. The number of carbonyl (C=O) groups is 1. The van der Waals surface area contributed by atoms with Crippen molar-refractivity contribution < 1.29 is 4.79 Å². The van der Waals surface area contributed by atoms with Gasteiger partial charge in [-0.25, -0.2) is 0 Å². The fourth-order valence-corrected chi connectivity index (χ4v) is 2.84. The minimum atomic E-state index is -0.158. The van der Waals surface area contributed by atoms with Crippen molar-refractivity contribution in [1.82, 2.24) is 0 Å². The van der Waals surface area contributed by atoms with E-state index in [-0.39, 0.29) is 5.91 Å². The number of benzene rings is 1. The van der Waals surface area contributed by atoms with Gasteiger partial charge in [-0.2, -0.15) is 0 Å². The molecule has 2 aromatic rings. The van der Waals surface area contributed by atoms with E-state index >= 15 is 0 Å². The first-order chi connectivity index (χ1) is 8.08. The Labute approximate surface area is 122 Å². The molecule has 1 aromatic heterocycles. The molecule has 1 N–H and O–H groups in total. The van der Waals surface area contributed by atoms with Gasteiger partial charge in [-0.1, -0.05) is 11.6 Å². The fourth-order valence-electron chi connectivity index (χ4n) is 1.30. The zero-order chi connectivity index (χ0) is 12.4. The number of hydrogen-bond acceptors (Lipinski definition) is 2. The normalized spacial score (nSPS) is 10.3. The molecule has 1 amide bonds. The van der Waals surface area contributed by atoms with Gasteiger partial charge >= 0.3 is 0 Å². The molecule has 2 nitrogen and oxygen atoms in total. The number of carbonyl (C=O) groups excluding carboxylic acids is 1. The van der Waals surface area contributed by atoms with Crippen LogP contribution < -0.4 is 5.32 Å². The fraction of sp³-hybridized carbons (Fsp3) is 0.0833. The van der Waals surface area contributed by atoms with Crippen LogP contribution >= 0.6 is 45.5 Å². The van der Waals surface area contributed by atoms with E-state index in [4.69, 9.17) is 11.6 Å². The molecule has 0 saturated carbocycles. The second-order valence-electron chi connectivity index (χ2n) is 3.52. The SMILES string of the molecule is Cc1csc(C(=O)Nc2ccc(I)cc2)c1Cl. The third kappa shape index (κ3) is 3.00. The molecule has 0 fully saturated rings. The summed E-state index contributed by atoms with van der Waals surface area (Å²) in [5.74, 6) is -0.158. The first kappa shape index (κ1) is 12.9. The Kier molecular flexibility index (Phi) is 4.06. The summed E-state index contributed by atoms with van der Waals surface area (Å²) in [4.78, 5) is 12.5. The van der Waals surface area contributed by atoms with Crippen molar-refractivity contribution in [2.75, 3.05) is 5.32 Å². The Morgan fingerprint density at radius 3 is 2.53 bits per heavy atom. The van der Waals surface area contributed by atoms with Crippen LogP contribution in [0.3, 0.4) is 0 Å². The maximum absolute atomic E-state index is 11.9. The van der Waals surface area contributed by atoms with E-state index in [0.29, 0.717) is 9.90 Å². The highest BCUT2D eigenvalue weighted by molar-refractivity contribution is 14.1. The third-order valence-electron chi connectivity index (χ3n) is 2.21. The minimum Gasteiger partial charge on any atom is -0.321 e. The number of rotatable bonds is 2. The van der Waals surface area contributed by atoms with Crippen LogP contribution in [0.1, 0.15) is 15.2 Å². The van der Waals surface area contributed by atoms with Crippen LogP contribution in [0, 0.1) is 10.5 Å². The molecule has 0 radical (unpaired) electrons. The first-order valence-electron chi connectivity index (χ1n) is 4.88. The van der Waals surface area contributed by atoms with Crippen LogP contribution in [0.15, 0.2) is 29.6 Å². The van der Waals surface area contributed by atoms with E-state index in [0.717, 1.165) is 14.8 Å².